The first-order valence-electron chi connectivity index (χ1n) is 8.57. The molecule has 0 radical (unpaired) electrons. The Balaban J connectivity index is 1.70. The van der Waals surface area contributed by atoms with Gasteiger partial charge in [0.1, 0.15) is 11.9 Å². The van der Waals surface area contributed by atoms with E-state index in [1.54, 1.807) is 13.2 Å². The molecule has 0 bridgehead atoms. The summed E-state index contributed by atoms with van der Waals surface area (Å²) in [5, 5.41) is 9.67. The molecule has 1 N–H and O–H groups in total. The van der Waals surface area contributed by atoms with Crippen LogP contribution in [-0.4, -0.2) is 36.3 Å². The predicted molar refractivity (Wildman–Crippen MR) is 100 cm³/mol. The molecule has 0 spiro atoms. The molecule has 1 aliphatic rings. The van der Waals surface area contributed by atoms with Crippen molar-refractivity contribution in [2.45, 2.75) is 26.5 Å². The normalized spacial score (nSPS) is 17.8. The topological polar surface area (TPSA) is 41.9 Å². The number of aromatic hydroxyl groups is 1. The van der Waals surface area contributed by atoms with Crippen molar-refractivity contribution in [3.63, 3.8) is 0 Å². The molecule has 2 aromatic rings. The van der Waals surface area contributed by atoms with Gasteiger partial charge in [0.25, 0.3) is 0 Å². The van der Waals surface area contributed by atoms with Crippen molar-refractivity contribution in [3.8, 4) is 17.2 Å². The Morgan fingerprint density at radius 3 is 2.92 bits per heavy atom. The number of nitrogens with zero attached hydrogens (tertiary/aromatic N) is 1. The van der Waals surface area contributed by atoms with Gasteiger partial charge in [0.15, 0.2) is 11.5 Å². The molecule has 3 rings (SSSR count). The van der Waals surface area contributed by atoms with E-state index in [4.69, 9.17) is 9.47 Å². The van der Waals surface area contributed by atoms with Gasteiger partial charge in [0, 0.05) is 25.2 Å². The van der Waals surface area contributed by atoms with E-state index in [1.807, 2.05) is 12.1 Å². The van der Waals surface area contributed by atoms with Crippen molar-refractivity contribution >= 4 is 6.08 Å². The molecular formula is C21H25NO3. The molecule has 1 atom stereocenters. The average molecular weight is 339 g/mol. The number of ether oxygens (including phenoxy) is 2. The quantitative estimate of drug-likeness (QED) is 0.914. The Labute approximate surface area is 149 Å². The number of rotatable bonds is 4. The zero-order valence-corrected chi connectivity index (χ0v) is 15.0. The molecule has 0 amide bonds. The first kappa shape index (κ1) is 17.4. The minimum Gasteiger partial charge on any atom is -0.504 e. The highest BCUT2D eigenvalue weighted by Crippen LogP contribution is 2.27. The van der Waals surface area contributed by atoms with Gasteiger partial charge in [0.05, 0.1) is 7.11 Å². The molecule has 0 unspecified atom stereocenters. The van der Waals surface area contributed by atoms with Gasteiger partial charge < -0.3 is 14.6 Å². The summed E-state index contributed by atoms with van der Waals surface area (Å²) in [5.41, 5.74) is 3.50. The van der Waals surface area contributed by atoms with Crippen LogP contribution in [0.25, 0.3) is 6.08 Å². The highest BCUT2D eigenvalue weighted by molar-refractivity contribution is 5.55. The van der Waals surface area contributed by atoms with Gasteiger partial charge >= 0.3 is 0 Å². The maximum absolute atomic E-state index is 9.67. The van der Waals surface area contributed by atoms with Crippen LogP contribution < -0.4 is 9.47 Å². The second-order valence-electron chi connectivity index (χ2n) is 6.57. The lowest BCUT2D eigenvalue weighted by molar-refractivity contribution is 0.170. The van der Waals surface area contributed by atoms with Crippen LogP contribution in [0.3, 0.4) is 0 Å². The summed E-state index contributed by atoms with van der Waals surface area (Å²) in [5.74, 6) is 1.64. The summed E-state index contributed by atoms with van der Waals surface area (Å²) in [6.45, 7) is 6.82. The van der Waals surface area contributed by atoms with E-state index < -0.39 is 0 Å². The minimum atomic E-state index is 0.158. The molecule has 25 heavy (non-hydrogen) atoms. The molecule has 1 aliphatic heterocycles. The smallest absolute Gasteiger partial charge is 0.161 e. The lowest BCUT2D eigenvalue weighted by Gasteiger charge is -2.20. The van der Waals surface area contributed by atoms with Crippen LogP contribution in [-0.2, 0) is 6.54 Å². The van der Waals surface area contributed by atoms with Gasteiger partial charge in [-0.2, -0.15) is 0 Å². The molecule has 0 saturated heterocycles. The van der Waals surface area contributed by atoms with Crippen LogP contribution in [0.4, 0.5) is 0 Å². The Morgan fingerprint density at radius 1 is 1.28 bits per heavy atom. The van der Waals surface area contributed by atoms with E-state index in [9.17, 15) is 5.11 Å². The minimum absolute atomic E-state index is 0.158. The first-order valence-corrected chi connectivity index (χ1v) is 8.57. The highest BCUT2D eigenvalue weighted by atomic mass is 16.5. The molecule has 2 aromatic carbocycles. The Bertz CT molecular complexity index is 770. The molecule has 132 valence electrons. The maximum atomic E-state index is 9.67. The summed E-state index contributed by atoms with van der Waals surface area (Å²) < 4.78 is 11.2. The first-order chi connectivity index (χ1) is 12.0. The van der Waals surface area contributed by atoms with Gasteiger partial charge in [-0.25, -0.2) is 0 Å². The van der Waals surface area contributed by atoms with E-state index >= 15 is 0 Å². The van der Waals surface area contributed by atoms with Crippen LogP contribution in [0.1, 0.15) is 23.6 Å². The van der Waals surface area contributed by atoms with Gasteiger partial charge in [-0.3, -0.25) is 4.90 Å². The van der Waals surface area contributed by atoms with E-state index in [-0.39, 0.29) is 11.9 Å². The molecule has 4 nitrogen and oxygen atoms in total. The van der Waals surface area contributed by atoms with Crippen LogP contribution in [0.15, 0.2) is 42.5 Å². The SMILES string of the molecule is COc1cc(/C=C/CN2Cc3cc(C)ccc3O[C@@H](C)C2)ccc1O. The summed E-state index contributed by atoms with van der Waals surface area (Å²) in [4.78, 5) is 2.38. The number of phenolic OH excluding ortho intramolecular Hbond substituents is 1. The van der Waals surface area contributed by atoms with E-state index in [0.29, 0.717) is 5.75 Å². The zero-order chi connectivity index (χ0) is 17.8. The molecule has 0 aliphatic carbocycles. The standard InChI is InChI=1S/C21H25NO3/c1-15-6-9-20-18(11-15)14-22(13-16(2)25-20)10-4-5-17-7-8-19(23)21(12-17)24-3/h4-9,11-12,16,23H,10,13-14H2,1-3H3/b5-4+/t16-/m0/s1. The second-order valence-corrected chi connectivity index (χ2v) is 6.57. The van der Waals surface area contributed by atoms with Crippen LogP contribution in [0.2, 0.25) is 0 Å². The third kappa shape index (κ3) is 4.34. The second kappa shape index (κ2) is 7.62. The van der Waals surface area contributed by atoms with Crippen molar-refractivity contribution in [1.82, 2.24) is 4.90 Å². The molecule has 0 saturated carbocycles. The van der Waals surface area contributed by atoms with E-state index in [1.165, 1.54) is 11.1 Å². The summed E-state index contributed by atoms with van der Waals surface area (Å²) >= 11 is 0. The van der Waals surface area contributed by atoms with Crippen molar-refractivity contribution in [2.75, 3.05) is 20.2 Å². The highest BCUT2D eigenvalue weighted by Gasteiger charge is 2.19. The number of aryl methyl sites for hydroxylation is 1. The number of phenols is 1. The number of methoxy groups -OCH3 is 1. The Hall–Kier alpha value is -2.46. The zero-order valence-electron chi connectivity index (χ0n) is 15.0. The number of hydrogen-bond acceptors (Lipinski definition) is 4. The molecule has 4 heteroatoms. The van der Waals surface area contributed by atoms with E-state index in [2.05, 4.69) is 49.1 Å². The monoisotopic (exact) mass is 339 g/mol. The van der Waals surface area contributed by atoms with Crippen molar-refractivity contribution in [1.29, 1.82) is 0 Å². The fourth-order valence-corrected chi connectivity index (χ4v) is 3.14. The van der Waals surface area contributed by atoms with Gasteiger partial charge in [0.2, 0.25) is 0 Å². The molecular weight excluding hydrogens is 314 g/mol. The van der Waals surface area contributed by atoms with Crippen LogP contribution >= 0.6 is 0 Å². The number of benzene rings is 2. The number of fused-ring (bicyclic) bond motifs is 1. The molecule has 1 heterocycles. The van der Waals surface area contributed by atoms with Crippen LogP contribution in [0.5, 0.6) is 17.2 Å². The van der Waals surface area contributed by atoms with Gasteiger partial charge in [-0.05, 0) is 37.6 Å². The van der Waals surface area contributed by atoms with Gasteiger partial charge in [-0.15, -0.1) is 0 Å². The average Bonchev–Trinajstić information content (AvgIpc) is 2.73. The van der Waals surface area contributed by atoms with Crippen LogP contribution in [0, 0.1) is 6.92 Å². The fourth-order valence-electron chi connectivity index (χ4n) is 3.14. The summed E-state index contributed by atoms with van der Waals surface area (Å²) in [6.07, 6.45) is 4.35. The lowest BCUT2D eigenvalue weighted by atomic mass is 10.1. The number of hydrogen-bond donors (Lipinski definition) is 1. The molecule has 0 fully saturated rings. The van der Waals surface area contributed by atoms with Crippen molar-refractivity contribution in [2.24, 2.45) is 0 Å². The molecule has 0 aromatic heterocycles. The fraction of sp³-hybridized carbons (Fsp3) is 0.333. The van der Waals surface area contributed by atoms with Crippen molar-refractivity contribution in [3.05, 3.63) is 59.2 Å². The predicted octanol–water partition coefficient (Wildman–Crippen LogP) is 4.01. The lowest BCUT2D eigenvalue weighted by Crippen LogP contribution is -2.31. The summed E-state index contributed by atoms with van der Waals surface area (Å²) in [7, 11) is 1.56. The van der Waals surface area contributed by atoms with E-state index in [0.717, 1.165) is 30.9 Å². The third-order valence-corrected chi connectivity index (χ3v) is 4.33. The largest absolute Gasteiger partial charge is 0.504 e. The van der Waals surface area contributed by atoms with Gasteiger partial charge in [-0.1, -0.05) is 35.9 Å². The summed E-state index contributed by atoms with van der Waals surface area (Å²) in [6, 6.07) is 11.7. The van der Waals surface area contributed by atoms with Crippen molar-refractivity contribution < 1.29 is 14.6 Å². The Morgan fingerprint density at radius 2 is 2.12 bits per heavy atom. The maximum Gasteiger partial charge on any atom is 0.161 e. The Kier molecular flexibility index (Phi) is 5.29. The third-order valence-electron chi connectivity index (χ3n) is 4.33.